The Hall–Kier alpha value is -2.36. The predicted molar refractivity (Wildman–Crippen MR) is 104 cm³/mol. The van der Waals surface area contributed by atoms with Crippen molar-refractivity contribution in [1.82, 2.24) is 15.6 Å². The van der Waals surface area contributed by atoms with Gasteiger partial charge in [0.25, 0.3) is 0 Å². The number of hydrogen-bond donors (Lipinski definition) is 2. The molecule has 1 heterocycles. The first-order valence-corrected chi connectivity index (χ1v) is 9.16. The van der Waals surface area contributed by atoms with Crippen LogP contribution >= 0.6 is 0 Å². The number of benzene rings is 1. The van der Waals surface area contributed by atoms with Crippen molar-refractivity contribution in [3.8, 4) is 0 Å². The van der Waals surface area contributed by atoms with Gasteiger partial charge in [-0.1, -0.05) is 24.3 Å². The fraction of sp³-hybridized carbons (Fsp3) is 0.429. The highest BCUT2D eigenvalue weighted by molar-refractivity contribution is 5.80. The van der Waals surface area contributed by atoms with E-state index in [1.165, 1.54) is 47.9 Å². The van der Waals surface area contributed by atoms with Gasteiger partial charge in [-0.25, -0.2) is 0 Å². The van der Waals surface area contributed by atoms with Gasteiger partial charge in [0.05, 0.1) is 18.3 Å². The van der Waals surface area contributed by atoms with Crippen molar-refractivity contribution < 1.29 is 0 Å². The number of guanidine groups is 1. The van der Waals surface area contributed by atoms with Crippen LogP contribution in [0, 0.1) is 6.92 Å². The smallest absolute Gasteiger partial charge is 0.191 e. The van der Waals surface area contributed by atoms with E-state index in [9.17, 15) is 0 Å². The number of hydrogen-bond acceptors (Lipinski definition) is 2. The third-order valence-corrected chi connectivity index (χ3v) is 4.99. The molecule has 1 atom stereocenters. The summed E-state index contributed by atoms with van der Waals surface area (Å²) in [6.07, 6.45) is 6.90. The molecule has 0 aliphatic heterocycles. The summed E-state index contributed by atoms with van der Waals surface area (Å²) in [4.78, 5) is 8.78. The summed E-state index contributed by atoms with van der Waals surface area (Å²) < 4.78 is 0. The van der Waals surface area contributed by atoms with Crippen molar-refractivity contribution in [2.75, 3.05) is 7.05 Å². The number of pyridine rings is 1. The third kappa shape index (κ3) is 4.38. The second kappa shape index (κ2) is 8.15. The molecule has 0 spiro atoms. The largest absolute Gasteiger partial charge is 0.351 e. The van der Waals surface area contributed by atoms with E-state index in [0.717, 1.165) is 11.7 Å². The quantitative estimate of drug-likeness (QED) is 0.661. The Kier molecular flexibility index (Phi) is 5.69. The number of aliphatic imine (C=N–C) groups is 1. The van der Waals surface area contributed by atoms with E-state index in [4.69, 9.17) is 0 Å². The molecule has 25 heavy (non-hydrogen) atoms. The number of nitrogens with zero attached hydrogens (tertiary/aromatic N) is 2. The monoisotopic (exact) mass is 336 g/mol. The average Bonchev–Trinajstić information content (AvgIpc) is 2.65. The van der Waals surface area contributed by atoms with Gasteiger partial charge in [-0.05, 0) is 67.9 Å². The minimum Gasteiger partial charge on any atom is -0.351 e. The fourth-order valence-corrected chi connectivity index (χ4v) is 3.38. The first-order chi connectivity index (χ1) is 12.2. The van der Waals surface area contributed by atoms with Crippen molar-refractivity contribution in [1.29, 1.82) is 0 Å². The van der Waals surface area contributed by atoms with Gasteiger partial charge in [-0.2, -0.15) is 0 Å². The van der Waals surface area contributed by atoms with E-state index in [2.05, 4.69) is 58.7 Å². The third-order valence-electron chi connectivity index (χ3n) is 4.99. The molecule has 0 radical (unpaired) electrons. The van der Waals surface area contributed by atoms with E-state index in [1.54, 1.807) is 7.05 Å². The minimum absolute atomic E-state index is 0.211. The maximum Gasteiger partial charge on any atom is 0.191 e. The van der Waals surface area contributed by atoms with Crippen molar-refractivity contribution in [3.63, 3.8) is 0 Å². The van der Waals surface area contributed by atoms with Gasteiger partial charge in [0.1, 0.15) is 0 Å². The average molecular weight is 336 g/mol. The van der Waals surface area contributed by atoms with Crippen molar-refractivity contribution in [3.05, 3.63) is 64.5 Å². The van der Waals surface area contributed by atoms with Crippen LogP contribution in [0.3, 0.4) is 0 Å². The van der Waals surface area contributed by atoms with E-state index < -0.39 is 0 Å². The summed E-state index contributed by atoms with van der Waals surface area (Å²) in [5.41, 5.74) is 6.59. The Morgan fingerprint density at radius 1 is 1.20 bits per heavy atom. The number of aryl methyl sites for hydroxylation is 3. The molecule has 3 rings (SSSR count). The van der Waals surface area contributed by atoms with Gasteiger partial charge in [0.15, 0.2) is 5.96 Å². The molecular formula is C21H28N4. The Morgan fingerprint density at radius 3 is 2.76 bits per heavy atom. The molecule has 1 aliphatic carbocycles. The first kappa shape index (κ1) is 17.5. The molecule has 0 saturated carbocycles. The first-order valence-electron chi connectivity index (χ1n) is 9.16. The molecule has 2 N–H and O–H groups in total. The molecule has 1 aliphatic rings. The standard InChI is InChI=1S/C21H28N4/c1-15-7-6-12-23-20(15)14-24-21(22-3)25-16(2)18-11-10-17-8-4-5-9-19(17)13-18/h6-7,10-13,16H,4-5,8-9,14H2,1-3H3,(H2,22,24,25). The second-order valence-electron chi connectivity index (χ2n) is 6.79. The number of rotatable bonds is 4. The number of nitrogens with one attached hydrogen (secondary N) is 2. The lowest BCUT2D eigenvalue weighted by molar-refractivity contribution is 0.664. The molecule has 1 aromatic carbocycles. The van der Waals surface area contributed by atoms with Gasteiger partial charge in [-0.3, -0.25) is 9.98 Å². The topological polar surface area (TPSA) is 49.3 Å². The highest BCUT2D eigenvalue weighted by Crippen LogP contribution is 2.24. The summed E-state index contributed by atoms with van der Waals surface area (Å²) in [6.45, 7) is 4.93. The Balaban J connectivity index is 1.62. The molecule has 4 nitrogen and oxygen atoms in total. The highest BCUT2D eigenvalue weighted by Gasteiger charge is 2.13. The van der Waals surface area contributed by atoms with Crippen LogP contribution in [-0.2, 0) is 19.4 Å². The van der Waals surface area contributed by atoms with E-state index in [1.807, 2.05) is 12.3 Å². The Morgan fingerprint density at radius 2 is 2.00 bits per heavy atom. The summed E-state index contributed by atoms with van der Waals surface area (Å²) in [5.74, 6) is 0.801. The maximum atomic E-state index is 4.42. The van der Waals surface area contributed by atoms with E-state index in [0.29, 0.717) is 6.54 Å². The fourth-order valence-electron chi connectivity index (χ4n) is 3.38. The number of fused-ring (bicyclic) bond motifs is 1. The predicted octanol–water partition coefficient (Wildman–Crippen LogP) is 3.70. The van der Waals surface area contributed by atoms with Crippen LogP contribution in [0.1, 0.15) is 53.8 Å². The number of aromatic nitrogens is 1. The van der Waals surface area contributed by atoms with Crippen LogP contribution in [0.15, 0.2) is 41.5 Å². The zero-order valence-corrected chi connectivity index (χ0v) is 15.5. The lowest BCUT2D eigenvalue weighted by atomic mass is 9.89. The van der Waals surface area contributed by atoms with E-state index >= 15 is 0 Å². The van der Waals surface area contributed by atoms with Gasteiger partial charge in [-0.15, -0.1) is 0 Å². The molecule has 0 bridgehead atoms. The lowest BCUT2D eigenvalue weighted by Crippen LogP contribution is -2.38. The second-order valence-corrected chi connectivity index (χ2v) is 6.79. The molecule has 2 aromatic rings. The SMILES string of the molecule is CN=C(NCc1ncccc1C)NC(C)c1ccc2c(c1)CCCC2. The minimum atomic E-state index is 0.211. The molecule has 1 unspecified atom stereocenters. The van der Waals surface area contributed by atoms with Gasteiger partial charge >= 0.3 is 0 Å². The summed E-state index contributed by atoms with van der Waals surface area (Å²) in [7, 11) is 1.81. The molecule has 132 valence electrons. The van der Waals surface area contributed by atoms with Crippen LogP contribution in [0.25, 0.3) is 0 Å². The Labute approximate surface area is 150 Å². The highest BCUT2D eigenvalue weighted by atomic mass is 15.2. The van der Waals surface area contributed by atoms with Crippen molar-refractivity contribution >= 4 is 5.96 Å². The van der Waals surface area contributed by atoms with Gasteiger partial charge in [0.2, 0.25) is 0 Å². The normalized spacial score (nSPS) is 15.4. The van der Waals surface area contributed by atoms with Crippen LogP contribution < -0.4 is 10.6 Å². The van der Waals surface area contributed by atoms with Crippen LogP contribution in [0.5, 0.6) is 0 Å². The Bertz CT molecular complexity index is 751. The summed E-state index contributed by atoms with van der Waals surface area (Å²) in [6, 6.07) is 11.2. The summed E-state index contributed by atoms with van der Waals surface area (Å²) in [5, 5.41) is 6.86. The molecule has 0 fully saturated rings. The van der Waals surface area contributed by atoms with Crippen LogP contribution in [0.4, 0.5) is 0 Å². The molecule has 0 saturated heterocycles. The maximum absolute atomic E-state index is 4.42. The lowest BCUT2D eigenvalue weighted by Gasteiger charge is -2.21. The molecule has 1 aromatic heterocycles. The zero-order chi connectivity index (χ0) is 17.6. The molecule has 4 heteroatoms. The zero-order valence-electron chi connectivity index (χ0n) is 15.5. The van der Waals surface area contributed by atoms with E-state index in [-0.39, 0.29) is 6.04 Å². The van der Waals surface area contributed by atoms with Crippen molar-refractivity contribution in [2.24, 2.45) is 4.99 Å². The molecular weight excluding hydrogens is 308 g/mol. The molecule has 0 amide bonds. The summed E-state index contributed by atoms with van der Waals surface area (Å²) >= 11 is 0. The van der Waals surface area contributed by atoms with Gasteiger partial charge in [0, 0.05) is 13.2 Å². The van der Waals surface area contributed by atoms with Crippen LogP contribution in [0.2, 0.25) is 0 Å². The van der Waals surface area contributed by atoms with Crippen molar-refractivity contribution in [2.45, 2.75) is 52.1 Å². The van der Waals surface area contributed by atoms with Crippen LogP contribution in [-0.4, -0.2) is 18.0 Å². The van der Waals surface area contributed by atoms with Gasteiger partial charge < -0.3 is 10.6 Å².